The van der Waals surface area contributed by atoms with Crippen LogP contribution in [0.2, 0.25) is 0 Å². The average molecular weight is 358 g/mol. The summed E-state index contributed by atoms with van der Waals surface area (Å²) in [7, 11) is 0. The molecule has 0 aliphatic carbocycles. The summed E-state index contributed by atoms with van der Waals surface area (Å²) >= 11 is 1.30. The molecular formula is C15H13F3N2O3S. The van der Waals surface area contributed by atoms with Crippen LogP contribution in [0.25, 0.3) is 0 Å². The van der Waals surface area contributed by atoms with Crippen LogP contribution < -0.4 is 10.6 Å². The summed E-state index contributed by atoms with van der Waals surface area (Å²) in [6, 6.07) is 7.12. The molecule has 0 aliphatic heterocycles. The molecular weight excluding hydrogens is 345 g/mol. The number of hydrogen-bond acceptors (Lipinski definition) is 4. The maximum atomic E-state index is 12.4. The fourth-order valence-electron chi connectivity index (χ4n) is 1.78. The highest BCUT2D eigenvalue weighted by Gasteiger charge is 2.30. The lowest BCUT2D eigenvalue weighted by Gasteiger charge is -2.11. The van der Waals surface area contributed by atoms with E-state index in [2.05, 4.69) is 10.6 Å². The van der Waals surface area contributed by atoms with E-state index in [-0.39, 0.29) is 12.2 Å². The van der Waals surface area contributed by atoms with Crippen LogP contribution in [0, 0.1) is 0 Å². The molecule has 1 aromatic heterocycles. The number of aliphatic hydroxyl groups excluding tert-OH is 1. The Labute approximate surface area is 139 Å². The number of benzene rings is 1. The van der Waals surface area contributed by atoms with Gasteiger partial charge in [0.25, 0.3) is 0 Å². The van der Waals surface area contributed by atoms with E-state index >= 15 is 0 Å². The van der Waals surface area contributed by atoms with Crippen molar-refractivity contribution >= 4 is 28.8 Å². The lowest BCUT2D eigenvalue weighted by atomic mass is 10.2. The summed E-state index contributed by atoms with van der Waals surface area (Å²) in [5, 5.41) is 16.0. The highest BCUT2D eigenvalue weighted by atomic mass is 32.1. The quantitative estimate of drug-likeness (QED) is 0.735. The number of hydrogen-bond donors (Lipinski definition) is 3. The zero-order valence-corrected chi connectivity index (χ0v) is 12.9. The van der Waals surface area contributed by atoms with Crippen molar-refractivity contribution in [3.63, 3.8) is 0 Å². The highest BCUT2D eigenvalue weighted by molar-refractivity contribution is 7.10. The monoisotopic (exact) mass is 358 g/mol. The van der Waals surface area contributed by atoms with Crippen molar-refractivity contribution in [2.45, 2.75) is 12.3 Å². The van der Waals surface area contributed by atoms with Gasteiger partial charge in [0, 0.05) is 17.1 Å². The molecule has 24 heavy (non-hydrogen) atoms. The molecule has 2 rings (SSSR count). The minimum Gasteiger partial charge on any atom is -0.386 e. The van der Waals surface area contributed by atoms with Crippen LogP contribution in [-0.4, -0.2) is 23.5 Å². The van der Waals surface area contributed by atoms with E-state index in [0.29, 0.717) is 4.88 Å². The Hall–Kier alpha value is -2.39. The Kier molecular flexibility index (Phi) is 5.58. The minimum absolute atomic E-state index is 0.0574. The van der Waals surface area contributed by atoms with Crippen molar-refractivity contribution in [3.05, 3.63) is 52.2 Å². The lowest BCUT2D eigenvalue weighted by molar-refractivity contribution is -0.137. The van der Waals surface area contributed by atoms with Gasteiger partial charge in [-0.1, -0.05) is 6.07 Å². The molecule has 1 unspecified atom stereocenters. The Morgan fingerprint density at radius 2 is 1.79 bits per heavy atom. The SMILES string of the molecule is O=C(NCC(O)c1cccs1)C(=O)Nc1ccc(C(F)(F)F)cc1. The Bertz CT molecular complexity index is 700. The standard InChI is InChI=1S/C15H13F3N2O3S/c16-15(17,18)9-3-5-10(6-4-9)20-14(23)13(22)19-8-11(21)12-2-1-7-24-12/h1-7,11,21H,8H2,(H,19,22)(H,20,23). The second-order valence-corrected chi connectivity index (χ2v) is 5.75. The molecule has 0 aliphatic rings. The van der Waals surface area contributed by atoms with Gasteiger partial charge in [-0.05, 0) is 35.7 Å². The van der Waals surface area contributed by atoms with Gasteiger partial charge >= 0.3 is 18.0 Å². The topological polar surface area (TPSA) is 78.4 Å². The number of amides is 2. The molecule has 0 saturated carbocycles. The third kappa shape index (κ3) is 4.80. The van der Waals surface area contributed by atoms with Crippen LogP contribution in [0.4, 0.5) is 18.9 Å². The van der Waals surface area contributed by atoms with E-state index < -0.39 is 29.7 Å². The molecule has 1 aromatic carbocycles. The van der Waals surface area contributed by atoms with E-state index in [1.807, 2.05) is 0 Å². The molecule has 2 aromatic rings. The summed E-state index contributed by atoms with van der Waals surface area (Å²) in [5.41, 5.74) is -0.800. The lowest BCUT2D eigenvalue weighted by Crippen LogP contribution is -2.37. The molecule has 3 N–H and O–H groups in total. The summed E-state index contributed by atoms with van der Waals surface area (Å²) in [6.07, 6.45) is -5.41. The fourth-order valence-corrected chi connectivity index (χ4v) is 2.49. The van der Waals surface area contributed by atoms with Crippen LogP contribution in [0.5, 0.6) is 0 Å². The number of aliphatic hydroxyl groups is 1. The van der Waals surface area contributed by atoms with Gasteiger partial charge in [-0.15, -0.1) is 11.3 Å². The molecule has 1 heterocycles. The van der Waals surface area contributed by atoms with Crippen LogP contribution >= 0.6 is 11.3 Å². The second-order valence-electron chi connectivity index (χ2n) is 4.77. The number of halogens is 3. The van der Waals surface area contributed by atoms with Gasteiger partial charge in [0.2, 0.25) is 0 Å². The number of thiophene rings is 1. The Balaban J connectivity index is 1.86. The molecule has 9 heteroatoms. The first-order chi connectivity index (χ1) is 11.3. The molecule has 128 valence electrons. The number of carbonyl (C=O) groups is 2. The smallest absolute Gasteiger partial charge is 0.386 e. The van der Waals surface area contributed by atoms with E-state index in [1.54, 1.807) is 17.5 Å². The van der Waals surface area contributed by atoms with Gasteiger partial charge in [0.1, 0.15) is 6.10 Å². The molecule has 0 fully saturated rings. The van der Waals surface area contributed by atoms with E-state index in [1.165, 1.54) is 11.3 Å². The van der Waals surface area contributed by atoms with E-state index in [0.717, 1.165) is 24.3 Å². The predicted molar refractivity (Wildman–Crippen MR) is 82.4 cm³/mol. The first-order valence-electron chi connectivity index (χ1n) is 6.75. The number of rotatable bonds is 4. The molecule has 0 spiro atoms. The summed E-state index contributed by atoms with van der Waals surface area (Å²) < 4.78 is 37.3. The van der Waals surface area contributed by atoms with E-state index in [4.69, 9.17) is 0 Å². The minimum atomic E-state index is -4.47. The summed E-state index contributed by atoms with van der Waals surface area (Å²) in [6.45, 7) is -0.153. The molecule has 5 nitrogen and oxygen atoms in total. The van der Waals surface area contributed by atoms with Gasteiger partial charge in [0.15, 0.2) is 0 Å². The van der Waals surface area contributed by atoms with Gasteiger partial charge in [-0.25, -0.2) is 0 Å². The maximum Gasteiger partial charge on any atom is 0.416 e. The van der Waals surface area contributed by atoms with Gasteiger partial charge in [-0.2, -0.15) is 13.2 Å². The van der Waals surface area contributed by atoms with Crippen molar-refractivity contribution in [1.29, 1.82) is 0 Å². The number of anilines is 1. The summed E-state index contributed by atoms with van der Waals surface area (Å²) in [5.74, 6) is -2.03. The Morgan fingerprint density at radius 3 is 2.33 bits per heavy atom. The Morgan fingerprint density at radius 1 is 1.12 bits per heavy atom. The van der Waals surface area contributed by atoms with Crippen molar-refractivity contribution in [2.75, 3.05) is 11.9 Å². The van der Waals surface area contributed by atoms with Crippen LogP contribution in [0.1, 0.15) is 16.5 Å². The highest BCUT2D eigenvalue weighted by Crippen LogP contribution is 2.29. The zero-order chi connectivity index (χ0) is 17.7. The van der Waals surface area contributed by atoms with Crippen molar-refractivity contribution < 1.29 is 27.9 Å². The zero-order valence-electron chi connectivity index (χ0n) is 12.1. The van der Waals surface area contributed by atoms with Crippen LogP contribution in [-0.2, 0) is 15.8 Å². The first-order valence-corrected chi connectivity index (χ1v) is 7.63. The van der Waals surface area contributed by atoms with Crippen molar-refractivity contribution in [1.82, 2.24) is 5.32 Å². The third-order valence-corrected chi connectivity index (χ3v) is 3.98. The van der Waals surface area contributed by atoms with Gasteiger partial charge < -0.3 is 15.7 Å². The van der Waals surface area contributed by atoms with Gasteiger partial charge in [0.05, 0.1) is 5.56 Å². The predicted octanol–water partition coefficient (Wildman–Crippen LogP) is 2.56. The number of nitrogens with one attached hydrogen (secondary N) is 2. The molecule has 2 amide bonds. The molecule has 0 saturated heterocycles. The van der Waals surface area contributed by atoms with Gasteiger partial charge in [-0.3, -0.25) is 9.59 Å². The fraction of sp³-hybridized carbons (Fsp3) is 0.200. The normalized spacial score (nSPS) is 12.5. The molecule has 0 bridgehead atoms. The number of carbonyl (C=O) groups excluding carboxylic acids is 2. The van der Waals surface area contributed by atoms with E-state index in [9.17, 15) is 27.9 Å². The maximum absolute atomic E-state index is 12.4. The summed E-state index contributed by atoms with van der Waals surface area (Å²) in [4.78, 5) is 23.9. The number of alkyl halides is 3. The van der Waals surface area contributed by atoms with Crippen molar-refractivity contribution in [2.24, 2.45) is 0 Å². The third-order valence-electron chi connectivity index (χ3n) is 3.00. The van der Waals surface area contributed by atoms with Crippen molar-refractivity contribution in [3.8, 4) is 0 Å². The molecule has 1 atom stereocenters. The second kappa shape index (κ2) is 7.45. The van der Waals surface area contributed by atoms with Crippen LogP contribution in [0.3, 0.4) is 0 Å². The molecule has 0 radical (unpaired) electrons. The first kappa shape index (κ1) is 18.0. The largest absolute Gasteiger partial charge is 0.416 e. The van der Waals surface area contributed by atoms with Crippen LogP contribution in [0.15, 0.2) is 41.8 Å². The average Bonchev–Trinajstić information content (AvgIpc) is 3.06.